The van der Waals surface area contributed by atoms with Gasteiger partial charge in [-0.3, -0.25) is 9.80 Å². The lowest BCUT2D eigenvalue weighted by molar-refractivity contribution is -0.137. The summed E-state index contributed by atoms with van der Waals surface area (Å²) in [6.45, 7) is 8.69. The number of piperazine rings is 1. The maximum absolute atomic E-state index is 13.2. The molecule has 4 rings (SSSR count). The molecule has 0 bridgehead atoms. The van der Waals surface area contributed by atoms with Crippen molar-refractivity contribution in [3.05, 3.63) is 52.0 Å². The number of urea groups is 1. The molecule has 1 saturated heterocycles. The number of hydrogen-bond donors (Lipinski definition) is 1. The molecule has 9 heteroatoms. The van der Waals surface area contributed by atoms with E-state index in [0.29, 0.717) is 25.0 Å². The molecule has 2 aromatic carbocycles. The van der Waals surface area contributed by atoms with Gasteiger partial charge in [-0.25, -0.2) is 4.79 Å². The molecule has 2 amide bonds. The first-order chi connectivity index (χ1) is 15.5. The van der Waals surface area contributed by atoms with Gasteiger partial charge in [-0.15, -0.1) is 0 Å². The summed E-state index contributed by atoms with van der Waals surface area (Å²) in [5.74, 6) is 0. The van der Waals surface area contributed by atoms with Gasteiger partial charge in [0.25, 0.3) is 0 Å². The second-order valence-corrected chi connectivity index (χ2v) is 9.41. The summed E-state index contributed by atoms with van der Waals surface area (Å²) in [6, 6.07) is 7.95. The predicted octanol–water partition coefficient (Wildman–Crippen LogP) is 5.79. The summed E-state index contributed by atoms with van der Waals surface area (Å²) in [6.07, 6.45) is -3.91. The van der Waals surface area contributed by atoms with E-state index in [1.807, 2.05) is 6.07 Å². The Labute approximate surface area is 197 Å². The molecule has 5 nitrogen and oxygen atoms in total. The molecule has 0 unspecified atom stereocenters. The number of aryl methyl sites for hydroxylation is 1. The second kappa shape index (κ2) is 8.72. The van der Waals surface area contributed by atoms with Crippen molar-refractivity contribution in [3.8, 4) is 0 Å². The Bertz CT molecular complexity index is 1060. The third-order valence-electron chi connectivity index (χ3n) is 6.78. The first kappa shape index (κ1) is 23.7. The third kappa shape index (κ3) is 4.51. The highest BCUT2D eigenvalue weighted by atomic mass is 35.5. The molecule has 1 fully saturated rings. The van der Waals surface area contributed by atoms with Crippen molar-refractivity contribution in [2.24, 2.45) is 0 Å². The van der Waals surface area contributed by atoms with Gasteiger partial charge in [-0.2, -0.15) is 13.2 Å². The molecule has 33 heavy (non-hydrogen) atoms. The summed E-state index contributed by atoms with van der Waals surface area (Å²) < 4.78 is 39.6. The maximum atomic E-state index is 13.2. The largest absolute Gasteiger partial charge is 0.417 e. The van der Waals surface area contributed by atoms with Crippen LogP contribution < -0.4 is 15.1 Å². The van der Waals surface area contributed by atoms with Crippen LogP contribution in [-0.4, -0.2) is 49.7 Å². The lowest BCUT2D eigenvalue weighted by atomic mass is 10.0. The van der Waals surface area contributed by atoms with Crippen molar-refractivity contribution in [1.82, 2.24) is 4.90 Å². The molecule has 2 aromatic rings. The summed E-state index contributed by atoms with van der Waals surface area (Å²) >= 11 is 5.97. The molecule has 178 valence electrons. The van der Waals surface area contributed by atoms with Gasteiger partial charge in [0.05, 0.1) is 22.0 Å². The number of alkyl halides is 3. The fourth-order valence-electron chi connectivity index (χ4n) is 4.73. The highest BCUT2D eigenvalue weighted by molar-refractivity contribution is 6.34. The molecule has 2 aliphatic rings. The summed E-state index contributed by atoms with van der Waals surface area (Å²) in [4.78, 5) is 19.4. The van der Waals surface area contributed by atoms with E-state index in [4.69, 9.17) is 11.6 Å². The van der Waals surface area contributed by atoms with Gasteiger partial charge in [0.2, 0.25) is 0 Å². The first-order valence-electron chi connectivity index (χ1n) is 11.0. The molecular weight excluding hydrogens is 453 g/mol. The van der Waals surface area contributed by atoms with Gasteiger partial charge in [-0.05, 0) is 63.6 Å². The number of likely N-dealkylation sites (N-methyl/N-ethyl adjacent to an activating group) is 1. The number of nitrogens with one attached hydrogen (secondary N) is 1. The summed E-state index contributed by atoms with van der Waals surface area (Å²) in [7, 11) is 2.13. The fourth-order valence-corrected chi connectivity index (χ4v) is 5.01. The van der Waals surface area contributed by atoms with Gasteiger partial charge in [0.15, 0.2) is 0 Å². The van der Waals surface area contributed by atoms with Crippen LogP contribution in [0.1, 0.15) is 30.5 Å². The quantitative estimate of drug-likeness (QED) is 0.591. The molecule has 0 saturated carbocycles. The van der Waals surface area contributed by atoms with Crippen molar-refractivity contribution in [2.45, 2.75) is 45.5 Å². The predicted molar refractivity (Wildman–Crippen MR) is 127 cm³/mol. The number of halogens is 4. The molecule has 0 aromatic heterocycles. The topological polar surface area (TPSA) is 38.8 Å². The molecule has 2 aliphatic heterocycles. The molecule has 2 atom stereocenters. The Hall–Kier alpha value is -2.45. The number of hydrogen-bond acceptors (Lipinski definition) is 3. The zero-order valence-electron chi connectivity index (χ0n) is 19.1. The maximum Gasteiger partial charge on any atom is 0.417 e. The Morgan fingerprint density at radius 3 is 2.42 bits per heavy atom. The average Bonchev–Trinajstić information content (AvgIpc) is 3.14. The van der Waals surface area contributed by atoms with Crippen molar-refractivity contribution < 1.29 is 18.0 Å². The monoisotopic (exact) mass is 480 g/mol. The highest BCUT2D eigenvalue weighted by Gasteiger charge is 2.35. The van der Waals surface area contributed by atoms with Crippen LogP contribution in [0.5, 0.6) is 0 Å². The molecular formula is C24H28ClF3N4O. The standard InChI is InChI=1S/C24H28ClF3N4O/c1-14-10-17-8-9-32(21(17)11-20(14)31-12-15(2)30(4)16(3)13-31)23(33)29-19-7-5-6-18(22(19)25)24(26,27)28/h5-7,10-11,15-16H,8-9,12-13H2,1-4H3,(H,29,33)/t15-,16+. The average molecular weight is 481 g/mol. The number of rotatable bonds is 2. The van der Waals surface area contributed by atoms with E-state index in [9.17, 15) is 18.0 Å². The van der Waals surface area contributed by atoms with Crippen LogP contribution in [0.15, 0.2) is 30.3 Å². The molecule has 2 heterocycles. The number of carbonyl (C=O) groups excluding carboxylic acids is 1. The van der Waals surface area contributed by atoms with E-state index < -0.39 is 22.8 Å². The van der Waals surface area contributed by atoms with Gasteiger partial charge in [0, 0.05) is 37.4 Å². The van der Waals surface area contributed by atoms with Crippen molar-refractivity contribution in [3.63, 3.8) is 0 Å². The van der Waals surface area contributed by atoms with Gasteiger partial charge >= 0.3 is 12.2 Å². The highest BCUT2D eigenvalue weighted by Crippen LogP contribution is 2.39. The molecule has 0 spiro atoms. The van der Waals surface area contributed by atoms with E-state index in [1.165, 1.54) is 12.1 Å². The van der Waals surface area contributed by atoms with E-state index in [1.54, 1.807) is 4.90 Å². The van der Waals surface area contributed by atoms with Gasteiger partial charge in [-0.1, -0.05) is 23.7 Å². The first-order valence-corrected chi connectivity index (χ1v) is 11.4. The van der Waals surface area contributed by atoms with Crippen LogP contribution in [0.3, 0.4) is 0 Å². The molecule has 1 N–H and O–H groups in total. The lowest BCUT2D eigenvalue weighted by Gasteiger charge is -2.44. The van der Waals surface area contributed by atoms with Crippen LogP contribution in [0.25, 0.3) is 0 Å². The number of fused-ring (bicyclic) bond motifs is 1. The van der Waals surface area contributed by atoms with Crippen LogP contribution in [0, 0.1) is 6.92 Å². The van der Waals surface area contributed by atoms with Crippen LogP contribution >= 0.6 is 11.6 Å². The number of anilines is 3. The van der Waals surface area contributed by atoms with Gasteiger partial charge in [0.1, 0.15) is 0 Å². The van der Waals surface area contributed by atoms with E-state index in [0.717, 1.165) is 41.7 Å². The summed E-state index contributed by atoms with van der Waals surface area (Å²) in [5, 5.41) is 2.06. The van der Waals surface area contributed by atoms with Crippen LogP contribution in [-0.2, 0) is 12.6 Å². The van der Waals surface area contributed by atoms with Gasteiger partial charge < -0.3 is 10.2 Å². The molecule has 0 aliphatic carbocycles. The van der Waals surface area contributed by atoms with Crippen LogP contribution in [0.2, 0.25) is 5.02 Å². The second-order valence-electron chi connectivity index (χ2n) is 9.03. The third-order valence-corrected chi connectivity index (χ3v) is 7.19. The SMILES string of the molecule is Cc1cc2c(cc1N1C[C@@H](C)N(C)[C@@H](C)C1)N(C(=O)Nc1cccc(C(F)(F)F)c1Cl)CC2. The minimum absolute atomic E-state index is 0.0565. The Morgan fingerprint density at radius 1 is 1.12 bits per heavy atom. The number of nitrogens with zero attached hydrogens (tertiary/aromatic N) is 3. The normalized spacial score (nSPS) is 21.3. The van der Waals surface area contributed by atoms with Crippen LogP contribution in [0.4, 0.5) is 35.0 Å². The van der Waals surface area contributed by atoms with Crippen molar-refractivity contribution >= 4 is 34.7 Å². The Balaban J connectivity index is 1.60. The Morgan fingerprint density at radius 2 is 1.79 bits per heavy atom. The number of amides is 2. The smallest absolute Gasteiger partial charge is 0.368 e. The zero-order valence-corrected chi connectivity index (χ0v) is 19.9. The van der Waals surface area contributed by atoms with E-state index >= 15 is 0 Å². The Kier molecular flexibility index (Phi) is 6.26. The minimum Gasteiger partial charge on any atom is -0.368 e. The lowest BCUT2D eigenvalue weighted by Crippen LogP contribution is -2.55. The van der Waals surface area contributed by atoms with E-state index in [2.05, 4.69) is 49.0 Å². The summed E-state index contributed by atoms with van der Waals surface area (Å²) in [5.41, 5.74) is 3.05. The van der Waals surface area contributed by atoms with E-state index in [-0.39, 0.29) is 5.69 Å². The van der Waals surface area contributed by atoms with Crippen molar-refractivity contribution in [1.29, 1.82) is 0 Å². The number of carbonyl (C=O) groups is 1. The number of benzene rings is 2. The zero-order chi connectivity index (χ0) is 24.1. The fraction of sp³-hybridized carbons (Fsp3) is 0.458. The van der Waals surface area contributed by atoms with Crippen molar-refractivity contribution in [2.75, 3.05) is 41.8 Å². The minimum atomic E-state index is -4.60. The molecule has 0 radical (unpaired) electrons.